The number of carboxylic acids is 1. The van der Waals surface area contributed by atoms with E-state index >= 15 is 0 Å². The molecule has 0 radical (unpaired) electrons. The van der Waals surface area contributed by atoms with Crippen LogP contribution < -0.4 is 0 Å². The molecule has 1 aromatic rings. The molecule has 0 saturated heterocycles. The fraction of sp³-hybridized carbons (Fsp3) is 0.444. The molecule has 0 spiro atoms. The topological polar surface area (TPSA) is 104 Å². The van der Waals surface area contributed by atoms with Crippen LogP contribution in [0.2, 0.25) is 0 Å². The van der Waals surface area contributed by atoms with E-state index in [2.05, 4.69) is 9.97 Å². The van der Waals surface area contributed by atoms with Gasteiger partial charge in [0.2, 0.25) is 0 Å². The Labute approximate surface area is 96.4 Å². The third kappa shape index (κ3) is 3.76. The van der Waals surface area contributed by atoms with Crippen LogP contribution in [-0.2, 0) is 0 Å². The molecule has 0 aliphatic carbocycles. The summed E-state index contributed by atoms with van der Waals surface area (Å²) in [6.07, 6.45) is -0.859. The van der Waals surface area contributed by atoms with Crippen molar-refractivity contribution in [2.24, 2.45) is 0 Å². The summed E-state index contributed by atoms with van der Waals surface area (Å²) in [6.45, 7) is 1.32. The molecule has 0 amide bonds. The Balaban J connectivity index is 2.76. The van der Waals surface area contributed by atoms with Gasteiger partial charge >= 0.3 is 5.97 Å². The van der Waals surface area contributed by atoms with Gasteiger partial charge in [-0.1, -0.05) is 11.8 Å². The van der Waals surface area contributed by atoms with Crippen LogP contribution in [0.3, 0.4) is 0 Å². The van der Waals surface area contributed by atoms with Crippen molar-refractivity contribution in [3.8, 4) is 0 Å². The number of aromatic nitrogens is 2. The molecule has 88 valence electrons. The van der Waals surface area contributed by atoms with E-state index < -0.39 is 12.1 Å². The second-order valence-corrected chi connectivity index (χ2v) is 4.12. The van der Waals surface area contributed by atoms with Gasteiger partial charge < -0.3 is 15.3 Å². The van der Waals surface area contributed by atoms with Gasteiger partial charge in [0.05, 0.1) is 12.7 Å². The van der Waals surface area contributed by atoms with Crippen molar-refractivity contribution in [3.05, 3.63) is 17.5 Å². The number of aryl methyl sites for hydroxylation is 1. The smallest absolute Gasteiger partial charge is 0.354 e. The number of rotatable bonds is 5. The highest BCUT2D eigenvalue weighted by Crippen LogP contribution is 2.15. The first-order chi connectivity index (χ1) is 7.52. The zero-order chi connectivity index (χ0) is 12.1. The van der Waals surface area contributed by atoms with E-state index in [9.17, 15) is 4.79 Å². The maximum absolute atomic E-state index is 10.7. The standard InChI is InChI=1S/C9H12N2O4S/c1-5-2-7(8(14)15)11-9(10-5)16-4-6(13)3-12/h2,6,12-13H,3-4H2,1H3,(H,14,15). The number of aromatic carboxylic acids is 1. The molecular weight excluding hydrogens is 232 g/mol. The number of aliphatic hydroxyl groups is 2. The van der Waals surface area contributed by atoms with Crippen LogP contribution in [0.1, 0.15) is 16.2 Å². The number of carboxylic acid groups (broad SMARTS) is 1. The molecule has 0 fully saturated rings. The van der Waals surface area contributed by atoms with E-state index in [-0.39, 0.29) is 23.2 Å². The molecule has 6 nitrogen and oxygen atoms in total. The SMILES string of the molecule is Cc1cc(C(=O)O)nc(SCC(O)CO)n1. The van der Waals surface area contributed by atoms with Crippen LogP contribution >= 0.6 is 11.8 Å². The highest BCUT2D eigenvalue weighted by Gasteiger charge is 2.10. The van der Waals surface area contributed by atoms with Gasteiger partial charge in [0.1, 0.15) is 0 Å². The molecule has 1 unspecified atom stereocenters. The zero-order valence-electron chi connectivity index (χ0n) is 8.62. The minimum Gasteiger partial charge on any atom is -0.477 e. The lowest BCUT2D eigenvalue weighted by atomic mass is 10.3. The van der Waals surface area contributed by atoms with Gasteiger partial charge in [-0.05, 0) is 13.0 Å². The van der Waals surface area contributed by atoms with Crippen molar-refractivity contribution in [2.75, 3.05) is 12.4 Å². The van der Waals surface area contributed by atoms with Crippen molar-refractivity contribution < 1.29 is 20.1 Å². The molecule has 0 bridgehead atoms. The highest BCUT2D eigenvalue weighted by molar-refractivity contribution is 7.99. The molecule has 1 atom stereocenters. The average molecular weight is 244 g/mol. The monoisotopic (exact) mass is 244 g/mol. The summed E-state index contributed by atoms with van der Waals surface area (Å²) >= 11 is 1.10. The second kappa shape index (κ2) is 5.78. The second-order valence-electron chi connectivity index (χ2n) is 3.13. The molecule has 0 saturated carbocycles. The van der Waals surface area contributed by atoms with E-state index in [1.165, 1.54) is 6.07 Å². The van der Waals surface area contributed by atoms with Gasteiger partial charge in [0.15, 0.2) is 10.9 Å². The zero-order valence-corrected chi connectivity index (χ0v) is 9.44. The Morgan fingerprint density at radius 3 is 2.81 bits per heavy atom. The summed E-state index contributed by atoms with van der Waals surface area (Å²) in [6, 6.07) is 1.37. The first-order valence-corrected chi connectivity index (χ1v) is 5.52. The number of thioether (sulfide) groups is 1. The predicted octanol–water partition coefficient (Wildman–Crippen LogP) is -0.0715. The van der Waals surface area contributed by atoms with Gasteiger partial charge in [0.25, 0.3) is 0 Å². The Morgan fingerprint density at radius 2 is 2.25 bits per heavy atom. The van der Waals surface area contributed by atoms with Crippen LogP contribution in [0, 0.1) is 6.92 Å². The Bertz CT molecular complexity index is 386. The lowest BCUT2D eigenvalue weighted by Gasteiger charge is -2.06. The van der Waals surface area contributed by atoms with E-state index in [0.29, 0.717) is 5.69 Å². The minimum atomic E-state index is -1.12. The summed E-state index contributed by atoms with van der Waals surface area (Å²) in [5.41, 5.74) is 0.474. The summed E-state index contributed by atoms with van der Waals surface area (Å²) in [4.78, 5) is 18.5. The summed E-state index contributed by atoms with van der Waals surface area (Å²) in [5.74, 6) is -0.894. The highest BCUT2D eigenvalue weighted by atomic mass is 32.2. The van der Waals surface area contributed by atoms with Crippen molar-refractivity contribution in [2.45, 2.75) is 18.2 Å². The van der Waals surface area contributed by atoms with E-state index in [4.69, 9.17) is 15.3 Å². The largest absolute Gasteiger partial charge is 0.477 e. The third-order valence-electron chi connectivity index (χ3n) is 1.67. The number of carbonyl (C=O) groups is 1. The van der Waals surface area contributed by atoms with E-state index in [1.807, 2.05) is 0 Å². The van der Waals surface area contributed by atoms with E-state index in [1.54, 1.807) is 6.92 Å². The van der Waals surface area contributed by atoms with Crippen molar-refractivity contribution in [3.63, 3.8) is 0 Å². The molecule has 3 N–H and O–H groups in total. The minimum absolute atomic E-state index is 0.0755. The number of nitrogens with zero attached hydrogens (tertiary/aromatic N) is 2. The maximum Gasteiger partial charge on any atom is 0.354 e. The maximum atomic E-state index is 10.7. The summed E-state index contributed by atoms with van der Waals surface area (Å²) in [7, 11) is 0. The molecule has 7 heteroatoms. The van der Waals surface area contributed by atoms with Gasteiger partial charge in [-0.3, -0.25) is 0 Å². The first kappa shape index (κ1) is 12.9. The van der Waals surface area contributed by atoms with Crippen LogP contribution in [-0.4, -0.2) is 49.7 Å². The quantitative estimate of drug-likeness (QED) is 0.492. The van der Waals surface area contributed by atoms with Crippen LogP contribution in [0.5, 0.6) is 0 Å². The van der Waals surface area contributed by atoms with Crippen LogP contribution in [0.4, 0.5) is 0 Å². The molecule has 0 aliphatic rings. The van der Waals surface area contributed by atoms with Crippen LogP contribution in [0.25, 0.3) is 0 Å². The molecule has 1 aromatic heterocycles. The molecular formula is C9H12N2O4S. The normalized spacial score (nSPS) is 12.4. The lowest BCUT2D eigenvalue weighted by Crippen LogP contribution is -2.15. The molecule has 0 aromatic carbocycles. The fourth-order valence-electron chi connectivity index (χ4n) is 0.939. The van der Waals surface area contributed by atoms with E-state index in [0.717, 1.165) is 11.8 Å². The lowest BCUT2D eigenvalue weighted by molar-refractivity contribution is 0.0689. The summed E-state index contributed by atoms with van der Waals surface area (Å²) in [5, 5.41) is 26.8. The van der Waals surface area contributed by atoms with Crippen molar-refractivity contribution in [1.82, 2.24) is 9.97 Å². The molecule has 1 rings (SSSR count). The predicted molar refractivity (Wildman–Crippen MR) is 57.5 cm³/mol. The summed E-state index contributed by atoms with van der Waals surface area (Å²) < 4.78 is 0. The Hall–Kier alpha value is -1.18. The number of hydrogen-bond acceptors (Lipinski definition) is 6. The molecule has 0 aliphatic heterocycles. The Kier molecular flexibility index (Phi) is 4.66. The van der Waals surface area contributed by atoms with Gasteiger partial charge in [-0.2, -0.15) is 0 Å². The van der Waals surface area contributed by atoms with Crippen LogP contribution in [0.15, 0.2) is 11.2 Å². The average Bonchev–Trinajstić information content (AvgIpc) is 2.25. The molecule has 1 heterocycles. The number of hydrogen-bond donors (Lipinski definition) is 3. The van der Waals surface area contributed by atoms with Gasteiger partial charge in [0, 0.05) is 11.4 Å². The van der Waals surface area contributed by atoms with Gasteiger partial charge in [-0.25, -0.2) is 14.8 Å². The number of aliphatic hydroxyl groups excluding tert-OH is 2. The van der Waals surface area contributed by atoms with Crippen molar-refractivity contribution >= 4 is 17.7 Å². The Morgan fingerprint density at radius 1 is 1.56 bits per heavy atom. The first-order valence-electron chi connectivity index (χ1n) is 4.53. The van der Waals surface area contributed by atoms with Crippen molar-refractivity contribution in [1.29, 1.82) is 0 Å². The third-order valence-corrected chi connectivity index (χ3v) is 2.66. The molecule has 16 heavy (non-hydrogen) atoms. The van der Waals surface area contributed by atoms with Gasteiger partial charge in [-0.15, -0.1) is 0 Å². The fourth-order valence-corrected chi connectivity index (χ4v) is 1.76.